The molecule has 0 bridgehead atoms. The highest BCUT2D eigenvalue weighted by Crippen LogP contribution is 2.07. The van der Waals surface area contributed by atoms with Gasteiger partial charge in [0, 0.05) is 7.05 Å². The Balaban J connectivity index is 4.61. The van der Waals surface area contributed by atoms with Gasteiger partial charge >= 0.3 is 0 Å². The third-order valence-corrected chi connectivity index (χ3v) is 1.28. The molecule has 0 aliphatic heterocycles. The number of hydrogen-bond acceptors (Lipinski definition) is 4. The molecule has 0 aliphatic rings. The number of hydrazine groups is 1. The van der Waals surface area contributed by atoms with E-state index in [-0.39, 0.29) is 16.1 Å². The minimum absolute atomic E-state index is 0.0203. The highest BCUT2D eigenvalue weighted by molar-refractivity contribution is 9.18. The van der Waals surface area contributed by atoms with Gasteiger partial charge in [0.1, 0.15) is 16.1 Å². The normalized spacial score (nSPS) is 12.4. The Morgan fingerprint density at radius 1 is 1.70 bits per heavy atom. The molecule has 0 spiro atoms. The maximum Gasteiger partial charge on any atom is 0.125 e. The Kier molecular flexibility index (Phi) is 3.38. The third-order valence-electron chi connectivity index (χ3n) is 0.903. The van der Waals surface area contributed by atoms with E-state index in [9.17, 15) is 0 Å². The summed E-state index contributed by atoms with van der Waals surface area (Å²) in [5.74, 6) is 5.30. The van der Waals surface area contributed by atoms with E-state index in [0.29, 0.717) is 0 Å². The highest BCUT2D eigenvalue weighted by atomic mass is 79.9. The van der Waals surface area contributed by atoms with Gasteiger partial charge in [0.15, 0.2) is 0 Å². The first-order valence-electron chi connectivity index (χ1n) is 2.59. The molecule has 4 nitrogen and oxygen atoms in total. The Morgan fingerprint density at radius 2 is 2.10 bits per heavy atom. The number of hydrogen-bond donors (Lipinski definition) is 3. The number of halogens is 1. The molecule has 0 saturated carbocycles. The van der Waals surface area contributed by atoms with Crippen LogP contribution < -0.4 is 5.84 Å². The average molecular weight is 208 g/mol. The van der Waals surface area contributed by atoms with Crippen LogP contribution >= 0.6 is 15.9 Å². The van der Waals surface area contributed by atoms with Crippen molar-refractivity contribution in [1.29, 1.82) is 5.41 Å². The number of nitrogens with two attached hydrogens (primary N) is 1. The molecular formula is C5H10BrN3O. The summed E-state index contributed by atoms with van der Waals surface area (Å²) in [6.07, 6.45) is 0. The van der Waals surface area contributed by atoms with Crippen molar-refractivity contribution in [1.82, 2.24) is 5.01 Å². The smallest absolute Gasteiger partial charge is 0.125 e. The van der Waals surface area contributed by atoms with Crippen LogP contribution in [0.1, 0.15) is 6.92 Å². The first-order valence-corrected chi connectivity index (χ1v) is 3.38. The number of nitrogens with one attached hydrogen (secondary N) is 1. The van der Waals surface area contributed by atoms with Crippen LogP contribution in [-0.2, 0) is 0 Å². The zero-order valence-corrected chi connectivity index (χ0v) is 7.44. The maximum atomic E-state index is 8.94. The zero-order chi connectivity index (χ0) is 8.31. The fourth-order valence-corrected chi connectivity index (χ4v) is 1.14. The summed E-state index contributed by atoms with van der Waals surface area (Å²) in [7, 11) is 1.55. The lowest BCUT2D eigenvalue weighted by molar-refractivity contribution is 0.367. The van der Waals surface area contributed by atoms with E-state index in [0.717, 1.165) is 0 Å². The van der Waals surface area contributed by atoms with E-state index in [1.165, 1.54) is 11.9 Å². The van der Waals surface area contributed by atoms with Gasteiger partial charge in [-0.2, -0.15) is 0 Å². The van der Waals surface area contributed by atoms with Gasteiger partial charge in [-0.25, -0.2) is 5.84 Å². The molecule has 0 fully saturated rings. The molecule has 0 saturated heterocycles. The second kappa shape index (κ2) is 3.58. The van der Waals surface area contributed by atoms with Gasteiger partial charge in [0.05, 0.1) is 0 Å². The molecule has 58 valence electrons. The number of aliphatic hydroxyl groups is 1. The SMILES string of the molecule is C/C(O)=C(/C(=N)Br)N(C)N. The van der Waals surface area contributed by atoms with E-state index >= 15 is 0 Å². The lowest BCUT2D eigenvalue weighted by Crippen LogP contribution is -2.28. The number of allylic oxidation sites excluding steroid dienone is 2. The van der Waals surface area contributed by atoms with Crippen LogP contribution in [-0.4, -0.2) is 21.8 Å². The van der Waals surface area contributed by atoms with Crippen LogP contribution in [0.15, 0.2) is 11.5 Å². The van der Waals surface area contributed by atoms with Crippen LogP contribution in [0.4, 0.5) is 0 Å². The van der Waals surface area contributed by atoms with Crippen LogP contribution in [0.25, 0.3) is 0 Å². The molecule has 0 atom stereocenters. The maximum absolute atomic E-state index is 8.94. The molecule has 10 heavy (non-hydrogen) atoms. The first kappa shape index (κ1) is 9.45. The van der Waals surface area contributed by atoms with E-state index < -0.39 is 0 Å². The minimum atomic E-state index is 0.0203. The van der Waals surface area contributed by atoms with E-state index in [2.05, 4.69) is 15.9 Å². The molecule has 0 heterocycles. The molecule has 0 aromatic carbocycles. The number of aliphatic hydroxyl groups excluding tert-OH is 1. The molecule has 0 aromatic heterocycles. The summed E-state index contributed by atoms with van der Waals surface area (Å²) < 4.78 is 0.0671. The highest BCUT2D eigenvalue weighted by Gasteiger charge is 2.07. The van der Waals surface area contributed by atoms with Crippen molar-refractivity contribution in [3.05, 3.63) is 11.5 Å². The van der Waals surface area contributed by atoms with Crippen molar-refractivity contribution in [3.63, 3.8) is 0 Å². The standard InChI is InChI=1S/C5H10BrN3O/c1-3(10)4(5(6)7)9(2)8/h7,10H,8H2,1-2H3/b4-3+,7-5?. The monoisotopic (exact) mass is 207 g/mol. The molecular weight excluding hydrogens is 198 g/mol. The summed E-state index contributed by atoms with van der Waals surface area (Å²) in [6.45, 7) is 1.47. The summed E-state index contributed by atoms with van der Waals surface area (Å²) >= 11 is 2.89. The van der Waals surface area contributed by atoms with Crippen LogP contribution in [0.5, 0.6) is 0 Å². The Bertz CT molecular complexity index is 172. The summed E-state index contributed by atoms with van der Waals surface area (Å²) in [5.41, 5.74) is 0.278. The quantitative estimate of drug-likeness (QED) is 0.274. The van der Waals surface area contributed by atoms with Gasteiger partial charge in [0.2, 0.25) is 0 Å². The molecule has 0 radical (unpaired) electrons. The summed E-state index contributed by atoms with van der Waals surface area (Å²) in [4.78, 5) is 0. The Morgan fingerprint density at radius 3 is 2.10 bits per heavy atom. The van der Waals surface area contributed by atoms with Gasteiger partial charge in [-0.05, 0) is 22.9 Å². The number of rotatable bonds is 2. The molecule has 0 amide bonds. The van der Waals surface area contributed by atoms with E-state index in [1.807, 2.05) is 0 Å². The molecule has 0 rings (SSSR count). The van der Waals surface area contributed by atoms with Crippen molar-refractivity contribution < 1.29 is 5.11 Å². The van der Waals surface area contributed by atoms with Gasteiger partial charge in [-0.1, -0.05) is 0 Å². The lowest BCUT2D eigenvalue weighted by Gasteiger charge is -2.14. The molecule has 0 aliphatic carbocycles. The van der Waals surface area contributed by atoms with Crippen LogP contribution in [0.2, 0.25) is 0 Å². The van der Waals surface area contributed by atoms with Gasteiger partial charge in [-0.15, -0.1) is 0 Å². The van der Waals surface area contributed by atoms with E-state index in [4.69, 9.17) is 16.4 Å². The third kappa shape index (κ3) is 2.36. The van der Waals surface area contributed by atoms with Gasteiger partial charge < -0.3 is 10.1 Å². The second-order valence-electron chi connectivity index (χ2n) is 1.86. The Labute approximate surface area is 67.9 Å². The van der Waals surface area contributed by atoms with Crippen LogP contribution in [0.3, 0.4) is 0 Å². The fraction of sp³-hybridized carbons (Fsp3) is 0.400. The topological polar surface area (TPSA) is 73.3 Å². The minimum Gasteiger partial charge on any atom is -0.510 e. The predicted octanol–water partition coefficient (Wildman–Crippen LogP) is 0.954. The van der Waals surface area contributed by atoms with Crippen molar-refractivity contribution in [2.24, 2.45) is 5.84 Å². The molecule has 0 unspecified atom stereocenters. The zero-order valence-electron chi connectivity index (χ0n) is 5.85. The van der Waals surface area contributed by atoms with Crippen molar-refractivity contribution in [2.75, 3.05) is 7.05 Å². The van der Waals surface area contributed by atoms with Crippen molar-refractivity contribution in [2.45, 2.75) is 6.92 Å². The largest absolute Gasteiger partial charge is 0.510 e. The van der Waals surface area contributed by atoms with E-state index in [1.54, 1.807) is 7.05 Å². The lowest BCUT2D eigenvalue weighted by atomic mass is 10.4. The summed E-state index contributed by atoms with van der Waals surface area (Å²) in [5, 5.41) is 17.2. The second-order valence-corrected chi connectivity index (χ2v) is 2.65. The Hall–Kier alpha value is -0.550. The predicted molar refractivity (Wildman–Crippen MR) is 43.9 cm³/mol. The van der Waals surface area contributed by atoms with Gasteiger partial charge in [0.25, 0.3) is 0 Å². The first-order chi connectivity index (χ1) is 4.46. The molecule has 5 heteroatoms. The summed E-state index contributed by atoms with van der Waals surface area (Å²) in [6, 6.07) is 0. The van der Waals surface area contributed by atoms with Gasteiger partial charge in [-0.3, -0.25) is 5.41 Å². The fourth-order valence-electron chi connectivity index (χ4n) is 0.569. The van der Waals surface area contributed by atoms with Crippen LogP contribution in [0, 0.1) is 5.41 Å². The average Bonchev–Trinajstić information content (AvgIpc) is 1.59. The molecule has 4 N–H and O–H groups in total. The van der Waals surface area contributed by atoms with Crippen molar-refractivity contribution >= 4 is 20.6 Å². The number of nitrogens with zero attached hydrogens (tertiary/aromatic N) is 1. The van der Waals surface area contributed by atoms with Crippen molar-refractivity contribution in [3.8, 4) is 0 Å². The molecule has 0 aromatic rings.